The molecule has 5 nitrogen and oxygen atoms in total. The first-order valence-electron chi connectivity index (χ1n) is 6.69. The zero-order chi connectivity index (χ0) is 15.9. The van der Waals surface area contributed by atoms with Crippen molar-refractivity contribution >= 4 is 23.5 Å². The van der Waals surface area contributed by atoms with Crippen LogP contribution in [0.15, 0.2) is 24.3 Å². The van der Waals surface area contributed by atoms with Crippen LogP contribution in [0.5, 0.6) is 5.75 Å². The van der Waals surface area contributed by atoms with Gasteiger partial charge in [0.15, 0.2) is 6.61 Å². The molecular weight excluding hydrogens is 294 g/mol. The van der Waals surface area contributed by atoms with Crippen LogP contribution in [0.3, 0.4) is 0 Å². The second-order valence-corrected chi connectivity index (χ2v) is 5.25. The molecule has 0 aliphatic rings. The first-order chi connectivity index (χ1) is 9.92. The third-order valence-electron chi connectivity index (χ3n) is 3.00. The van der Waals surface area contributed by atoms with Crippen molar-refractivity contribution in [3.05, 3.63) is 29.3 Å². The van der Waals surface area contributed by atoms with Crippen LogP contribution in [0.25, 0.3) is 0 Å². The van der Waals surface area contributed by atoms with E-state index < -0.39 is 17.4 Å². The van der Waals surface area contributed by atoms with Crippen LogP contribution < -0.4 is 10.1 Å². The molecule has 0 fully saturated rings. The van der Waals surface area contributed by atoms with Crippen LogP contribution >= 0.6 is 11.6 Å². The highest BCUT2D eigenvalue weighted by atomic mass is 35.5. The van der Waals surface area contributed by atoms with Gasteiger partial charge in [0.2, 0.25) is 0 Å². The maximum atomic E-state index is 12.0. The quantitative estimate of drug-likeness (QED) is 0.786. The fourth-order valence-electron chi connectivity index (χ4n) is 1.99. The number of rotatable bonds is 7. The monoisotopic (exact) mass is 313 g/mol. The van der Waals surface area contributed by atoms with E-state index in [1.54, 1.807) is 31.2 Å². The van der Waals surface area contributed by atoms with E-state index in [1.165, 1.54) is 7.11 Å². The molecule has 0 aliphatic heterocycles. The molecule has 1 aromatic rings. The summed E-state index contributed by atoms with van der Waals surface area (Å²) in [6.07, 6.45) is 1.22. The molecule has 1 atom stereocenters. The standard InChI is InChI=1S/C15H20ClNO4/c1-4-9-15(2,14(19)20-3)17-13(18)10-21-12-8-6-5-7-11(12)16/h5-8H,4,9-10H2,1-3H3,(H,17,18). The number of amides is 1. The van der Waals surface area contributed by atoms with Crippen LogP contribution in [0.2, 0.25) is 5.02 Å². The zero-order valence-corrected chi connectivity index (χ0v) is 13.2. The third-order valence-corrected chi connectivity index (χ3v) is 3.31. The molecule has 6 heteroatoms. The molecule has 1 rings (SSSR count). The van der Waals surface area contributed by atoms with E-state index in [-0.39, 0.29) is 6.61 Å². The third kappa shape index (κ3) is 4.93. The van der Waals surface area contributed by atoms with Gasteiger partial charge in [0.05, 0.1) is 12.1 Å². The van der Waals surface area contributed by atoms with E-state index in [4.69, 9.17) is 21.1 Å². The Kier molecular flexibility index (Phi) is 6.49. The SMILES string of the molecule is CCCC(C)(NC(=O)COc1ccccc1Cl)C(=O)OC. The number of hydrogen-bond acceptors (Lipinski definition) is 4. The van der Waals surface area contributed by atoms with Gasteiger partial charge in [0.1, 0.15) is 11.3 Å². The molecule has 0 bridgehead atoms. The van der Waals surface area contributed by atoms with Crippen molar-refractivity contribution in [2.24, 2.45) is 0 Å². The molecule has 0 radical (unpaired) electrons. The van der Waals surface area contributed by atoms with E-state index in [9.17, 15) is 9.59 Å². The lowest BCUT2D eigenvalue weighted by atomic mass is 9.96. The van der Waals surface area contributed by atoms with E-state index in [0.29, 0.717) is 17.2 Å². The highest BCUT2D eigenvalue weighted by Crippen LogP contribution is 2.23. The fourth-order valence-corrected chi connectivity index (χ4v) is 2.18. The van der Waals surface area contributed by atoms with Gasteiger partial charge in [-0.2, -0.15) is 0 Å². The Hall–Kier alpha value is -1.75. The smallest absolute Gasteiger partial charge is 0.331 e. The zero-order valence-electron chi connectivity index (χ0n) is 12.4. The van der Waals surface area contributed by atoms with Crippen molar-refractivity contribution in [3.63, 3.8) is 0 Å². The summed E-state index contributed by atoms with van der Waals surface area (Å²) in [7, 11) is 1.29. The van der Waals surface area contributed by atoms with Gasteiger partial charge in [-0.15, -0.1) is 0 Å². The average Bonchev–Trinajstić information content (AvgIpc) is 2.45. The Bertz CT molecular complexity index is 506. The van der Waals surface area contributed by atoms with Crippen molar-refractivity contribution in [3.8, 4) is 5.75 Å². The van der Waals surface area contributed by atoms with Gasteiger partial charge in [0.25, 0.3) is 5.91 Å². The lowest BCUT2D eigenvalue weighted by Crippen LogP contribution is -2.53. The molecule has 0 spiro atoms. The Labute approximate surface area is 129 Å². The van der Waals surface area contributed by atoms with Crippen molar-refractivity contribution in [1.82, 2.24) is 5.32 Å². The second kappa shape index (κ2) is 7.88. The van der Waals surface area contributed by atoms with Gasteiger partial charge in [-0.1, -0.05) is 37.1 Å². The molecule has 0 saturated heterocycles. The number of methoxy groups -OCH3 is 1. The van der Waals surface area contributed by atoms with E-state index in [2.05, 4.69) is 5.32 Å². The van der Waals surface area contributed by atoms with Gasteiger partial charge in [0, 0.05) is 0 Å². The molecule has 21 heavy (non-hydrogen) atoms. The fraction of sp³-hybridized carbons (Fsp3) is 0.467. The number of halogens is 1. The normalized spacial score (nSPS) is 13.1. The minimum Gasteiger partial charge on any atom is -0.482 e. The first-order valence-corrected chi connectivity index (χ1v) is 7.07. The number of nitrogens with one attached hydrogen (secondary N) is 1. The number of benzene rings is 1. The van der Waals surface area contributed by atoms with Gasteiger partial charge in [-0.05, 0) is 25.5 Å². The van der Waals surface area contributed by atoms with Gasteiger partial charge < -0.3 is 14.8 Å². The van der Waals surface area contributed by atoms with E-state index in [1.807, 2.05) is 6.92 Å². The second-order valence-electron chi connectivity index (χ2n) is 4.84. The van der Waals surface area contributed by atoms with Crippen molar-refractivity contribution < 1.29 is 19.1 Å². The van der Waals surface area contributed by atoms with E-state index in [0.717, 1.165) is 6.42 Å². The summed E-state index contributed by atoms with van der Waals surface area (Å²) < 4.78 is 10.1. The molecule has 0 aliphatic carbocycles. The molecule has 1 unspecified atom stereocenters. The van der Waals surface area contributed by atoms with E-state index >= 15 is 0 Å². The first kappa shape index (κ1) is 17.3. The summed E-state index contributed by atoms with van der Waals surface area (Å²) >= 11 is 5.93. The summed E-state index contributed by atoms with van der Waals surface area (Å²) in [6.45, 7) is 3.34. The summed E-state index contributed by atoms with van der Waals surface area (Å²) in [5.74, 6) is -0.462. The molecule has 1 amide bonds. The highest BCUT2D eigenvalue weighted by Gasteiger charge is 2.35. The summed E-state index contributed by atoms with van der Waals surface area (Å²) in [5.41, 5.74) is -1.05. The molecular formula is C15H20ClNO4. The molecule has 1 N–H and O–H groups in total. The largest absolute Gasteiger partial charge is 0.482 e. The van der Waals surface area contributed by atoms with Crippen LogP contribution in [0, 0.1) is 0 Å². The summed E-state index contributed by atoms with van der Waals surface area (Å²) in [6, 6.07) is 6.87. The Morgan fingerprint density at radius 3 is 2.57 bits per heavy atom. The van der Waals surface area contributed by atoms with Gasteiger partial charge in [-0.3, -0.25) is 4.79 Å². The van der Waals surface area contributed by atoms with Crippen molar-refractivity contribution in [2.45, 2.75) is 32.2 Å². The Balaban J connectivity index is 2.63. The van der Waals surface area contributed by atoms with Crippen LogP contribution in [0.1, 0.15) is 26.7 Å². The lowest BCUT2D eigenvalue weighted by molar-refractivity contribution is -0.150. The van der Waals surface area contributed by atoms with Gasteiger partial charge >= 0.3 is 5.97 Å². The van der Waals surface area contributed by atoms with Crippen molar-refractivity contribution in [1.29, 1.82) is 0 Å². The topological polar surface area (TPSA) is 64.6 Å². The predicted molar refractivity (Wildman–Crippen MR) is 80.4 cm³/mol. The number of ether oxygens (including phenoxy) is 2. The Morgan fingerprint density at radius 2 is 2.00 bits per heavy atom. The van der Waals surface area contributed by atoms with Gasteiger partial charge in [-0.25, -0.2) is 4.79 Å². The molecule has 1 aromatic carbocycles. The number of para-hydroxylation sites is 1. The van der Waals surface area contributed by atoms with Crippen LogP contribution in [-0.4, -0.2) is 31.1 Å². The maximum absolute atomic E-state index is 12.0. The lowest BCUT2D eigenvalue weighted by Gasteiger charge is -2.27. The van der Waals surface area contributed by atoms with Crippen LogP contribution in [-0.2, 0) is 14.3 Å². The number of esters is 1. The van der Waals surface area contributed by atoms with Crippen molar-refractivity contribution in [2.75, 3.05) is 13.7 Å². The minimum absolute atomic E-state index is 0.222. The molecule has 116 valence electrons. The maximum Gasteiger partial charge on any atom is 0.331 e. The minimum atomic E-state index is -1.05. The molecule has 0 saturated carbocycles. The average molecular weight is 314 g/mol. The highest BCUT2D eigenvalue weighted by molar-refractivity contribution is 6.32. The number of carbonyl (C=O) groups excluding carboxylic acids is 2. The molecule has 0 aromatic heterocycles. The Morgan fingerprint density at radius 1 is 1.33 bits per heavy atom. The van der Waals surface area contributed by atoms with Crippen LogP contribution in [0.4, 0.5) is 0 Å². The summed E-state index contributed by atoms with van der Waals surface area (Å²) in [4.78, 5) is 23.7. The number of hydrogen-bond donors (Lipinski definition) is 1. The number of carbonyl (C=O) groups is 2. The summed E-state index contributed by atoms with van der Waals surface area (Å²) in [5, 5.41) is 3.08. The molecule has 0 heterocycles. The predicted octanol–water partition coefficient (Wildman–Crippen LogP) is 2.57.